The van der Waals surface area contributed by atoms with Gasteiger partial charge in [0.2, 0.25) is 0 Å². The number of aromatic nitrogens is 1. The highest BCUT2D eigenvalue weighted by Gasteiger charge is 2.32. The van der Waals surface area contributed by atoms with Crippen LogP contribution in [0.3, 0.4) is 0 Å². The fourth-order valence-corrected chi connectivity index (χ4v) is 3.26. The minimum Gasteiger partial charge on any atom is -0.375 e. The molecule has 4 N–H and O–H groups in total. The number of nitrogen functional groups attached to an aromatic ring is 1. The molecule has 1 aromatic heterocycles. The SMILES string of the molecule is CCC1(N)Cc2cc3nc(N)sc3cc2C1. The highest BCUT2D eigenvalue weighted by Crippen LogP contribution is 2.35. The average Bonchev–Trinajstić information content (AvgIpc) is 2.72. The van der Waals surface area contributed by atoms with Crippen molar-refractivity contribution in [2.45, 2.75) is 31.7 Å². The monoisotopic (exact) mass is 233 g/mol. The summed E-state index contributed by atoms with van der Waals surface area (Å²) in [4.78, 5) is 4.32. The van der Waals surface area contributed by atoms with Crippen LogP contribution in [0.4, 0.5) is 5.13 Å². The van der Waals surface area contributed by atoms with Crippen LogP contribution in [0.25, 0.3) is 10.2 Å². The van der Waals surface area contributed by atoms with E-state index >= 15 is 0 Å². The van der Waals surface area contributed by atoms with Gasteiger partial charge in [-0.3, -0.25) is 0 Å². The van der Waals surface area contributed by atoms with Crippen LogP contribution in [-0.4, -0.2) is 10.5 Å². The van der Waals surface area contributed by atoms with Crippen molar-refractivity contribution in [3.05, 3.63) is 23.3 Å². The zero-order valence-corrected chi connectivity index (χ0v) is 10.1. The average molecular weight is 233 g/mol. The summed E-state index contributed by atoms with van der Waals surface area (Å²) in [7, 11) is 0. The molecule has 1 atom stereocenters. The second-order valence-corrected chi connectivity index (χ2v) is 5.77. The normalized spacial score (nSPS) is 23.9. The number of benzene rings is 1. The van der Waals surface area contributed by atoms with Crippen molar-refractivity contribution in [1.82, 2.24) is 4.98 Å². The van der Waals surface area contributed by atoms with Crippen LogP contribution in [0.2, 0.25) is 0 Å². The molecule has 0 saturated carbocycles. The van der Waals surface area contributed by atoms with Crippen LogP contribution in [0, 0.1) is 0 Å². The molecule has 0 saturated heterocycles. The Morgan fingerprint density at radius 1 is 1.38 bits per heavy atom. The van der Waals surface area contributed by atoms with Gasteiger partial charge in [0.05, 0.1) is 10.2 Å². The Morgan fingerprint density at radius 2 is 2.06 bits per heavy atom. The lowest BCUT2D eigenvalue weighted by molar-refractivity contribution is 0.434. The Hall–Kier alpha value is -1.13. The first-order valence-electron chi connectivity index (χ1n) is 5.56. The van der Waals surface area contributed by atoms with Crippen LogP contribution in [0.5, 0.6) is 0 Å². The Bertz CT molecular complexity index is 516. The molecular weight excluding hydrogens is 218 g/mol. The van der Waals surface area contributed by atoms with Gasteiger partial charge < -0.3 is 11.5 Å². The summed E-state index contributed by atoms with van der Waals surface area (Å²) in [6.45, 7) is 2.16. The fourth-order valence-electron chi connectivity index (χ4n) is 2.48. The van der Waals surface area contributed by atoms with Crippen molar-refractivity contribution in [3.8, 4) is 0 Å². The highest BCUT2D eigenvalue weighted by molar-refractivity contribution is 7.22. The van der Waals surface area contributed by atoms with E-state index in [1.807, 2.05) is 0 Å². The summed E-state index contributed by atoms with van der Waals surface area (Å²) in [6.07, 6.45) is 2.96. The van der Waals surface area contributed by atoms with Crippen molar-refractivity contribution in [3.63, 3.8) is 0 Å². The van der Waals surface area contributed by atoms with Gasteiger partial charge in [0.25, 0.3) is 0 Å². The Balaban J connectivity index is 2.13. The van der Waals surface area contributed by atoms with Crippen LogP contribution in [0.15, 0.2) is 12.1 Å². The number of nitrogens with zero attached hydrogens (tertiary/aromatic N) is 1. The predicted octanol–water partition coefficient (Wildman–Crippen LogP) is 2.08. The second-order valence-electron chi connectivity index (χ2n) is 4.71. The first kappa shape index (κ1) is 10.1. The van der Waals surface area contributed by atoms with E-state index in [9.17, 15) is 0 Å². The third kappa shape index (κ3) is 1.41. The zero-order chi connectivity index (χ0) is 11.3. The minimum atomic E-state index is -0.0443. The van der Waals surface area contributed by atoms with E-state index in [0.717, 1.165) is 24.8 Å². The van der Waals surface area contributed by atoms with Gasteiger partial charge in [-0.1, -0.05) is 18.3 Å². The molecule has 3 nitrogen and oxygen atoms in total. The molecule has 84 valence electrons. The molecule has 0 aliphatic heterocycles. The van der Waals surface area contributed by atoms with Gasteiger partial charge in [-0.25, -0.2) is 4.98 Å². The number of nitrogens with two attached hydrogens (primary N) is 2. The third-order valence-corrected chi connectivity index (χ3v) is 4.36. The van der Waals surface area contributed by atoms with Gasteiger partial charge in [-0.15, -0.1) is 0 Å². The van der Waals surface area contributed by atoms with Crippen molar-refractivity contribution in [2.75, 3.05) is 5.73 Å². The van der Waals surface area contributed by atoms with E-state index in [4.69, 9.17) is 11.5 Å². The van der Waals surface area contributed by atoms with E-state index in [-0.39, 0.29) is 5.54 Å². The molecule has 1 heterocycles. The summed E-state index contributed by atoms with van der Waals surface area (Å²) >= 11 is 1.55. The summed E-state index contributed by atoms with van der Waals surface area (Å²) in [6, 6.07) is 4.37. The largest absolute Gasteiger partial charge is 0.375 e. The summed E-state index contributed by atoms with van der Waals surface area (Å²) in [5, 5.41) is 0.646. The van der Waals surface area contributed by atoms with Gasteiger partial charge >= 0.3 is 0 Å². The van der Waals surface area contributed by atoms with Crippen molar-refractivity contribution in [2.24, 2.45) is 5.73 Å². The molecule has 0 spiro atoms. The Kier molecular flexibility index (Phi) is 2.00. The predicted molar refractivity (Wildman–Crippen MR) is 68.6 cm³/mol. The van der Waals surface area contributed by atoms with Gasteiger partial charge in [-0.2, -0.15) is 0 Å². The molecular formula is C12H15N3S. The number of fused-ring (bicyclic) bond motifs is 2. The van der Waals surface area contributed by atoms with Crippen molar-refractivity contribution >= 4 is 26.7 Å². The smallest absolute Gasteiger partial charge is 0.181 e. The topological polar surface area (TPSA) is 64.9 Å². The lowest BCUT2D eigenvalue weighted by Crippen LogP contribution is -2.39. The lowest BCUT2D eigenvalue weighted by atomic mass is 9.94. The zero-order valence-electron chi connectivity index (χ0n) is 9.29. The minimum absolute atomic E-state index is 0.0443. The molecule has 1 aromatic carbocycles. The molecule has 3 rings (SSSR count). The number of thiazole rings is 1. The summed E-state index contributed by atoms with van der Waals surface area (Å²) < 4.78 is 1.18. The molecule has 4 heteroatoms. The molecule has 2 aromatic rings. The lowest BCUT2D eigenvalue weighted by Gasteiger charge is -2.20. The quantitative estimate of drug-likeness (QED) is 0.792. The number of hydrogen-bond acceptors (Lipinski definition) is 4. The van der Waals surface area contributed by atoms with Crippen LogP contribution >= 0.6 is 11.3 Å². The van der Waals surface area contributed by atoms with E-state index in [1.54, 1.807) is 11.3 Å². The highest BCUT2D eigenvalue weighted by atomic mass is 32.1. The first-order valence-corrected chi connectivity index (χ1v) is 6.38. The molecule has 1 aliphatic carbocycles. The van der Waals surface area contributed by atoms with Gasteiger partial charge in [0.1, 0.15) is 0 Å². The summed E-state index contributed by atoms with van der Waals surface area (Å²) in [5.41, 5.74) is 15.7. The fraction of sp³-hybridized carbons (Fsp3) is 0.417. The number of rotatable bonds is 1. The maximum Gasteiger partial charge on any atom is 0.181 e. The van der Waals surface area contributed by atoms with Gasteiger partial charge in [0.15, 0.2) is 5.13 Å². The van der Waals surface area contributed by atoms with Crippen molar-refractivity contribution < 1.29 is 0 Å². The summed E-state index contributed by atoms with van der Waals surface area (Å²) in [5.74, 6) is 0. The van der Waals surface area contributed by atoms with E-state index in [1.165, 1.54) is 15.8 Å². The van der Waals surface area contributed by atoms with Crippen LogP contribution in [-0.2, 0) is 12.8 Å². The molecule has 1 aliphatic rings. The van der Waals surface area contributed by atoms with E-state index in [0.29, 0.717) is 5.13 Å². The Morgan fingerprint density at radius 3 is 2.75 bits per heavy atom. The van der Waals surface area contributed by atoms with E-state index in [2.05, 4.69) is 24.0 Å². The molecule has 16 heavy (non-hydrogen) atoms. The second kappa shape index (κ2) is 3.18. The molecule has 0 radical (unpaired) electrons. The third-order valence-electron chi connectivity index (χ3n) is 3.52. The van der Waals surface area contributed by atoms with Crippen LogP contribution < -0.4 is 11.5 Å². The van der Waals surface area contributed by atoms with Crippen molar-refractivity contribution in [1.29, 1.82) is 0 Å². The van der Waals surface area contributed by atoms with E-state index < -0.39 is 0 Å². The first-order chi connectivity index (χ1) is 7.59. The van der Waals surface area contributed by atoms with Crippen LogP contribution in [0.1, 0.15) is 24.5 Å². The Labute approximate surface area is 98.5 Å². The molecule has 0 bridgehead atoms. The molecule has 1 unspecified atom stereocenters. The molecule has 0 amide bonds. The molecule has 0 fully saturated rings. The number of anilines is 1. The maximum absolute atomic E-state index is 6.33. The van der Waals surface area contributed by atoms with Gasteiger partial charge in [-0.05, 0) is 42.5 Å². The number of hydrogen-bond donors (Lipinski definition) is 2. The standard InChI is InChI=1S/C12H15N3S/c1-2-12(14)5-7-3-9-10(4-8(7)6-12)16-11(13)15-9/h3-4H,2,5-6,14H2,1H3,(H2,13,15). The van der Waals surface area contributed by atoms with Gasteiger partial charge in [0, 0.05) is 5.54 Å². The maximum atomic E-state index is 6.33.